The second-order valence-corrected chi connectivity index (χ2v) is 13.1. The predicted octanol–water partition coefficient (Wildman–Crippen LogP) is 3.82. The molecule has 1 aliphatic heterocycles. The molecule has 2 aliphatic rings. The van der Waals surface area contributed by atoms with Crippen molar-refractivity contribution in [2.45, 2.75) is 73.7 Å². The van der Waals surface area contributed by atoms with Crippen LogP contribution in [0.3, 0.4) is 0 Å². The molecule has 1 heterocycles. The molecule has 8 nitrogen and oxygen atoms in total. The maximum atomic E-state index is 13.6. The van der Waals surface area contributed by atoms with Gasteiger partial charge in [0, 0.05) is 24.3 Å². The van der Waals surface area contributed by atoms with Crippen LogP contribution in [0.5, 0.6) is 0 Å². The van der Waals surface area contributed by atoms with Crippen molar-refractivity contribution in [3.05, 3.63) is 54.6 Å². The molecular formula is C25H33N3O5S2. The average Bonchev–Trinajstić information content (AvgIpc) is 3.38. The molecule has 4 rings (SSSR count). The van der Waals surface area contributed by atoms with E-state index in [0.717, 1.165) is 32.1 Å². The van der Waals surface area contributed by atoms with Gasteiger partial charge in [-0.3, -0.25) is 4.79 Å². The molecule has 190 valence electrons. The van der Waals surface area contributed by atoms with E-state index in [-0.39, 0.29) is 28.4 Å². The number of hydrogen-bond donors (Lipinski definition) is 1. The number of benzene rings is 2. The maximum absolute atomic E-state index is 13.6. The number of anilines is 1. The summed E-state index contributed by atoms with van der Waals surface area (Å²) in [6, 6.07) is 14.0. The Morgan fingerprint density at radius 1 is 0.886 bits per heavy atom. The van der Waals surface area contributed by atoms with Crippen molar-refractivity contribution in [2.75, 3.05) is 18.4 Å². The fourth-order valence-corrected chi connectivity index (χ4v) is 8.29. The molecule has 1 atom stereocenters. The quantitative estimate of drug-likeness (QED) is 0.571. The van der Waals surface area contributed by atoms with E-state index in [9.17, 15) is 21.6 Å². The van der Waals surface area contributed by atoms with E-state index < -0.39 is 26.0 Å². The molecule has 1 aliphatic carbocycles. The zero-order valence-corrected chi connectivity index (χ0v) is 21.6. The monoisotopic (exact) mass is 519 g/mol. The van der Waals surface area contributed by atoms with E-state index in [1.807, 2.05) is 13.0 Å². The smallest absolute Gasteiger partial charge is 0.243 e. The Morgan fingerprint density at radius 2 is 1.49 bits per heavy atom. The van der Waals surface area contributed by atoms with Crippen molar-refractivity contribution in [3.8, 4) is 0 Å². The van der Waals surface area contributed by atoms with Crippen molar-refractivity contribution in [1.82, 2.24) is 8.61 Å². The second-order valence-electron chi connectivity index (χ2n) is 9.33. The van der Waals surface area contributed by atoms with Gasteiger partial charge in [-0.25, -0.2) is 16.8 Å². The van der Waals surface area contributed by atoms with E-state index in [2.05, 4.69) is 5.32 Å². The molecule has 0 aromatic heterocycles. The van der Waals surface area contributed by atoms with Crippen LogP contribution in [0.4, 0.5) is 5.69 Å². The highest BCUT2D eigenvalue weighted by Crippen LogP contribution is 2.30. The second kappa shape index (κ2) is 10.8. The van der Waals surface area contributed by atoms with Crippen LogP contribution in [0.15, 0.2) is 64.4 Å². The summed E-state index contributed by atoms with van der Waals surface area (Å²) in [5.41, 5.74) is 0.600. The summed E-state index contributed by atoms with van der Waals surface area (Å²) >= 11 is 0. The van der Waals surface area contributed by atoms with Crippen molar-refractivity contribution >= 4 is 31.6 Å². The summed E-state index contributed by atoms with van der Waals surface area (Å²) in [5, 5.41) is 2.76. The molecule has 0 radical (unpaired) electrons. The Morgan fingerprint density at radius 3 is 2.11 bits per heavy atom. The predicted molar refractivity (Wildman–Crippen MR) is 135 cm³/mol. The van der Waals surface area contributed by atoms with Crippen molar-refractivity contribution in [1.29, 1.82) is 0 Å². The summed E-state index contributed by atoms with van der Waals surface area (Å²) < 4.78 is 56.3. The minimum atomic E-state index is -4.01. The van der Waals surface area contributed by atoms with Crippen molar-refractivity contribution in [3.63, 3.8) is 0 Å². The van der Waals surface area contributed by atoms with E-state index >= 15 is 0 Å². The highest BCUT2D eigenvalue weighted by atomic mass is 32.2. The molecular weight excluding hydrogens is 486 g/mol. The minimum absolute atomic E-state index is 0.0115. The highest BCUT2D eigenvalue weighted by Gasteiger charge is 2.36. The van der Waals surface area contributed by atoms with Crippen LogP contribution >= 0.6 is 0 Å². The number of carbonyl (C=O) groups excluding carboxylic acids is 1. The number of para-hydroxylation sites is 1. The topological polar surface area (TPSA) is 104 Å². The van der Waals surface area contributed by atoms with Crippen LogP contribution in [0.25, 0.3) is 0 Å². The van der Waals surface area contributed by atoms with Gasteiger partial charge in [0.15, 0.2) is 0 Å². The molecule has 0 spiro atoms. The fraction of sp³-hybridized carbons (Fsp3) is 0.480. The Bertz CT molecular complexity index is 1230. The van der Waals surface area contributed by atoms with Crippen molar-refractivity contribution < 1.29 is 21.6 Å². The Hall–Kier alpha value is -2.27. The third-order valence-electron chi connectivity index (χ3n) is 6.87. The minimum Gasteiger partial charge on any atom is -0.325 e. The SMILES string of the molecule is CC1CCCCN1S(=O)(=O)c1ccc(S(=O)(=O)N(CC(=O)Nc2ccccc2)C2CCCC2)cc1. The van der Waals surface area contributed by atoms with E-state index in [1.165, 1.54) is 32.9 Å². The maximum Gasteiger partial charge on any atom is 0.243 e. The number of rotatable bonds is 8. The molecule has 2 fully saturated rings. The number of carbonyl (C=O) groups is 1. The van der Waals surface area contributed by atoms with Crippen LogP contribution in [0.2, 0.25) is 0 Å². The van der Waals surface area contributed by atoms with Crippen LogP contribution in [0.1, 0.15) is 51.9 Å². The largest absolute Gasteiger partial charge is 0.325 e. The van der Waals surface area contributed by atoms with E-state index in [0.29, 0.717) is 25.1 Å². The zero-order chi connectivity index (χ0) is 25.1. The Balaban J connectivity index is 1.56. The molecule has 2 aromatic rings. The number of hydrogen-bond acceptors (Lipinski definition) is 5. The Kier molecular flexibility index (Phi) is 7.95. The van der Waals surface area contributed by atoms with E-state index in [1.54, 1.807) is 24.3 Å². The van der Waals surface area contributed by atoms with Crippen LogP contribution in [-0.2, 0) is 24.8 Å². The number of sulfonamides is 2. The number of piperidine rings is 1. The molecule has 10 heteroatoms. The van der Waals surface area contributed by atoms with Gasteiger partial charge in [0.25, 0.3) is 0 Å². The van der Waals surface area contributed by atoms with Gasteiger partial charge in [0.05, 0.1) is 16.3 Å². The Labute approximate surface area is 208 Å². The van der Waals surface area contributed by atoms with Crippen LogP contribution < -0.4 is 5.32 Å². The van der Waals surface area contributed by atoms with E-state index in [4.69, 9.17) is 0 Å². The van der Waals surface area contributed by atoms with Gasteiger partial charge in [-0.05, 0) is 69.0 Å². The number of nitrogens with one attached hydrogen (secondary N) is 1. The normalized spacial score (nSPS) is 20.2. The average molecular weight is 520 g/mol. The lowest BCUT2D eigenvalue weighted by atomic mass is 10.1. The standard InChI is InChI=1S/C25H33N3O5S2/c1-20-9-7-8-18-27(20)34(30,31)23-14-16-24(17-15-23)35(32,33)28(22-12-5-6-13-22)19-25(29)26-21-10-3-2-4-11-21/h2-4,10-11,14-17,20,22H,5-9,12-13,18-19H2,1H3,(H,26,29). The van der Waals surface area contributed by atoms with Crippen LogP contribution in [-0.4, -0.2) is 56.5 Å². The van der Waals surface area contributed by atoms with Crippen molar-refractivity contribution in [2.24, 2.45) is 0 Å². The van der Waals surface area contributed by atoms with Gasteiger partial charge < -0.3 is 5.32 Å². The molecule has 2 aromatic carbocycles. The summed E-state index contributed by atoms with van der Waals surface area (Å²) in [6.45, 7) is 2.07. The molecule has 0 bridgehead atoms. The number of amides is 1. The van der Waals surface area contributed by atoms with Crippen LogP contribution in [0, 0.1) is 0 Å². The summed E-state index contributed by atoms with van der Waals surface area (Å²) in [4.78, 5) is 12.8. The van der Waals surface area contributed by atoms with Gasteiger partial charge in [-0.1, -0.05) is 37.5 Å². The zero-order valence-electron chi connectivity index (χ0n) is 20.0. The first-order chi connectivity index (χ1) is 16.7. The van der Waals surface area contributed by atoms with Gasteiger partial charge in [-0.15, -0.1) is 0 Å². The fourth-order valence-electron chi connectivity index (χ4n) is 4.95. The molecule has 1 N–H and O–H groups in total. The highest BCUT2D eigenvalue weighted by molar-refractivity contribution is 7.89. The summed E-state index contributed by atoms with van der Waals surface area (Å²) in [5.74, 6) is -0.412. The lowest BCUT2D eigenvalue weighted by molar-refractivity contribution is -0.116. The van der Waals surface area contributed by atoms with Gasteiger partial charge in [0.1, 0.15) is 0 Å². The first-order valence-electron chi connectivity index (χ1n) is 12.2. The lowest BCUT2D eigenvalue weighted by Gasteiger charge is -2.32. The lowest BCUT2D eigenvalue weighted by Crippen LogP contribution is -2.43. The molecule has 1 amide bonds. The van der Waals surface area contributed by atoms with Gasteiger partial charge in [0.2, 0.25) is 26.0 Å². The summed E-state index contributed by atoms with van der Waals surface area (Å²) in [7, 11) is -7.71. The third kappa shape index (κ3) is 5.77. The third-order valence-corrected chi connectivity index (χ3v) is 10.8. The first-order valence-corrected chi connectivity index (χ1v) is 15.1. The van der Waals surface area contributed by atoms with Gasteiger partial charge in [-0.2, -0.15) is 8.61 Å². The molecule has 1 unspecified atom stereocenters. The number of nitrogens with zero attached hydrogens (tertiary/aromatic N) is 2. The summed E-state index contributed by atoms with van der Waals surface area (Å²) in [6.07, 6.45) is 5.82. The molecule has 1 saturated heterocycles. The first kappa shape index (κ1) is 25.8. The molecule has 35 heavy (non-hydrogen) atoms. The van der Waals surface area contributed by atoms with Gasteiger partial charge >= 0.3 is 0 Å². The molecule has 1 saturated carbocycles.